The Balaban J connectivity index is 2.18. The van der Waals surface area contributed by atoms with Crippen LogP contribution >= 0.6 is 15.9 Å². The zero-order valence-electron chi connectivity index (χ0n) is 7.16. The third-order valence-electron chi connectivity index (χ3n) is 2.09. The summed E-state index contributed by atoms with van der Waals surface area (Å²) in [6.07, 6.45) is 1.78. The van der Waals surface area contributed by atoms with Gasteiger partial charge in [-0.3, -0.25) is 0 Å². The summed E-state index contributed by atoms with van der Waals surface area (Å²) in [4.78, 5) is 4.18. The predicted molar refractivity (Wildman–Crippen MR) is 53.5 cm³/mol. The fourth-order valence-corrected chi connectivity index (χ4v) is 1.95. The Labute approximate surface area is 85.6 Å². The maximum absolute atomic E-state index is 5.38. The summed E-state index contributed by atoms with van der Waals surface area (Å²) < 4.78 is 6.28. The maximum atomic E-state index is 5.38. The zero-order chi connectivity index (χ0) is 9.10. The summed E-state index contributed by atoms with van der Waals surface area (Å²) >= 11 is 3.43. The third kappa shape index (κ3) is 2.07. The van der Waals surface area contributed by atoms with E-state index < -0.39 is 0 Å². The highest BCUT2D eigenvalue weighted by molar-refractivity contribution is 9.10. The first-order chi connectivity index (χ1) is 6.38. The molecule has 0 aliphatic carbocycles. The number of rotatable bonds is 1. The Morgan fingerprint density at radius 3 is 3.23 bits per heavy atom. The number of pyridine rings is 1. The van der Waals surface area contributed by atoms with Gasteiger partial charge < -0.3 is 10.1 Å². The van der Waals surface area contributed by atoms with Gasteiger partial charge in [0, 0.05) is 18.3 Å². The highest BCUT2D eigenvalue weighted by atomic mass is 79.9. The first-order valence-electron chi connectivity index (χ1n) is 4.29. The number of nitrogens with one attached hydrogen (secondary N) is 1. The molecule has 0 aromatic carbocycles. The lowest BCUT2D eigenvalue weighted by Gasteiger charge is -2.24. The summed E-state index contributed by atoms with van der Waals surface area (Å²) in [6.45, 7) is 2.44. The number of ether oxygens (including phenoxy) is 1. The SMILES string of the molecule is Brc1ncccc1[C@@H]1COCCN1. The molecule has 0 unspecified atom stereocenters. The molecule has 4 heteroatoms. The topological polar surface area (TPSA) is 34.1 Å². The van der Waals surface area contributed by atoms with Crippen LogP contribution in [0.5, 0.6) is 0 Å². The molecular formula is C9H11BrN2O. The van der Waals surface area contributed by atoms with Crippen molar-refractivity contribution >= 4 is 15.9 Å². The molecule has 3 nitrogen and oxygen atoms in total. The number of aromatic nitrogens is 1. The van der Waals surface area contributed by atoms with Gasteiger partial charge in [0.2, 0.25) is 0 Å². The minimum atomic E-state index is 0.275. The van der Waals surface area contributed by atoms with E-state index in [1.165, 1.54) is 5.56 Å². The second kappa shape index (κ2) is 4.17. The average Bonchev–Trinajstić information content (AvgIpc) is 2.20. The van der Waals surface area contributed by atoms with Crippen LogP contribution in [0.15, 0.2) is 22.9 Å². The van der Waals surface area contributed by atoms with Gasteiger partial charge in [0.05, 0.1) is 19.3 Å². The Morgan fingerprint density at radius 1 is 1.62 bits per heavy atom. The van der Waals surface area contributed by atoms with Crippen molar-refractivity contribution in [1.29, 1.82) is 0 Å². The van der Waals surface area contributed by atoms with Crippen molar-refractivity contribution in [1.82, 2.24) is 10.3 Å². The second-order valence-corrected chi connectivity index (χ2v) is 3.72. The number of nitrogens with zero attached hydrogens (tertiary/aromatic N) is 1. The van der Waals surface area contributed by atoms with Crippen LogP contribution in [-0.4, -0.2) is 24.7 Å². The number of hydrogen-bond acceptors (Lipinski definition) is 3. The lowest BCUT2D eigenvalue weighted by atomic mass is 10.1. The first kappa shape index (κ1) is 9.12. The monoisotopic (exact) mass is 242 g/mol. The van der Waals surface area contributed by atoms with E-state index in [1.54, 1.807) is 6.20 Å². The molecule has 1 aromatic rings. The molecule has 1 atom stereocenters. The molecule has 2 rings (SSSR count). The lowest BCUT2D eigenvalue weighted by Crippen LogP contribution is -2.34. The van der Waals surface area contributed by atoms with Gasteiger partial charge in [-0.25, -0.2) is 4.98 Å². The fraction of sp³-hybridized carbons (Fsp3) is 0.444. The Bertz CT molecular complexity index is 287. The van der Waals surface area contributed by atoms with Crippen LogP contribution in [0.25, 0.3) is 0 Å². The van der Waals surface area contributed by atoms with E-state index in [4.69, 9.17) is 4.74 Å². The first-order valence-corrected chi connectivity index (χ1v) is 5.09. The quantitative estimate of drug-likeness (QED) is 0.759. The summed E-state index contributed by atoms with van der Waals surface area (Å²) in [7, 11) is 0. The lowest BCUT2D eigenvalue weighted by molar-refractivity contribution is 0.0765. The molecule has 1 aromatic heterocycles. The van der Waals surface area contributed by atoms with Crippen LogP contribution in [0.2, 0.25) is 0 Å². The van der Waals surface area contributed by atoms with Crippen molar-refractivity contribution in [2.24, 2.45) is 0 Å². The Hall–Kier alpha value is -0.450. The molecule has 2 heterocycles. The van der Waals surface area contributed by atoms with Crippen LogP contribution in [-0.2, 0) is 4.74 Å². The number of halogens is 1. The molecule has 1 N–H and O–H groups in total. The molecule has 0 saturated carbocycles. The standard InChI is InChI=1S/C9H11BrN2O/c10-9-7(2-1-3-12-9)8-6-13-5-4-11-8/h1-3,8,11H,4-6H2/t8-/m0/s1. The summed E-state index contributed by atoms with van der Waals surface area (Å²) in [5.41, 5.74) is 1.17. The Morgan fingerprint density at radius 2 is 2.54 bits per heavy atom. The van der Waals surface area contributed by atoms with Gasteiger partial charge in [0.1, 0.15) is 4.60 Å². The van der Waals surface area contributed by atoms with E-state index in [2.05, 4.69) is 32.3 Å². The minimum Gasteiger partial charge on any atom is -0.378 e. The van der Waals surface area contributed by atoms with E-state index in [0.29, 0.717) is 0 Å². The van der Waals surface area contributed by atoms with Gasteiger partial charge in [0.25, 0.3) is 0 Å². The van der Waals surface area contributed by atoms with Crippen LogP contribution in [0, 0.1) is 0 Å². The normalized spacial score (nSPS) is 23.0. The summed E-state index contributed by atoms with van der Waals surface area (Å²) in [5.74, 6) is 0. The molecule has 0 radical (unpaired) electrons. The molecule has 1 saturated heterocycles. The van der Waals surface area contributed by atoms with E-state index >= 15 is 0 Å². The van der Waals surface area contributed by atoms with Crippen molar-refractivity contribution in [3.63, 3.8) is 0 Å². The molecule has 1 fully saturated rings. The second-order valence-electron chi connectivity index (χ2n) is 2.97. The Kier molecular flexibility index (Phi) is 2.93. The van der Waals surface area contributed by atoms with Crippen molar-refractivity contribution < 1.29 is 4.74 Å². The third-order valence-corrected chi connectivity index (χ3v) is 2.75. The van der Waals surface area contributed by atoms with Gasteiger partial charge in [-0.05, 0) is 22.0 Å². The zero-order valence-corrected chi connectivity index (χ0v) is 8.75. The minimum absolute atomic E-state index is 0.275. The van der Waals surface area contributed by atoms with Gasteiger partial charge >= 0.3 is 0 Å². The highest BCUT2D eigenvalue weighted by Gasteiger charge is 2.17. The highest BCUT2D eigenvalue weighted by Crippen LogP contribution is 2.22. The maximum Gasteiger partial charge on any atom is 0.110 e. The largest absolute Gasteiger partial charge is 0.378 e. The molecule has 70 valence electrons. The van der Waals surface area contributed by atoms with Crippen LogP contribution in [0.1, 0.15) is 11.6 Å². The van der Waals surface area contributed by atoms with E-state index in [0.717, 1.165) is 24.4 Å². The van der Waals surface area contributed by atoms with Gasteiger partial charge in [0.15, 0.2) is 0 Å². The van der Waals surface area contributed by atoms with Crippen LogP contribution in [0.3, 0.4) is 0 Å². The number of hydrogen-bond donors (Lipinski definition) is 1. The summed E-state index contributed by atoms with van der Waals surface area (Å²) in [6, 6.07) is 4.27. The molecular weight excluding hydrogens is 232 g/mol. The molecule has 13 heavy (non-hydrogen) atoms. The van der Waals surface area contributed by atoms with Crippen molar-refractivity contribution in [2.45, 2.75) is 6.04 Å². The number of morpholine rings is 1. The predicted octanol–water partition coefficient (Wildman–Crippen LogP) is 1.50. The fourth-order valence-electron chi connectivity index (χ4n) is 1.42. The van der Waals surface area contributed by atoms with Crippen molar-refractivity contribution in [3.8, 4) is 0 Å². The molecule has 0 amide bonds. The molecule has 0 bridgehead atoms. The summed E-state index contributed by atoms with van der Waals surface area (Å²) in [5, 5.41) is 3.38. The molecule has 0 spiro atoms. The van der Waals surface area contributed by atoms with E-state index in [9.17, 15) is 0 Å². The molecule has 1 aliphatic heterocycles. The van der Waals surface area contributed by atoms with E-state index in [-0.39, 0.29) is 6.04 Å². The smallest absolute Gasteiger partial charge is 0.110 e. The van der Waals surface area contributed by atoms with Crippen molar-refractivity contribution in [2.75, 3.05) is 19.8 Å². The van der Waals surface area contributed by atoms with Crippen LogP contribution in [0.4, 0.5) is 0 Å². The van der Waals surface area contributed by atoms with Crippen molar-refractivity contribution in [3.05, 3.63) is 28.5 Å². The van der Waals surface area contributed by atoms with E-state index in [1.807, 2.05) is 6.07 Å². The van der Waals surface area contributed by atoms with Gasteiger partial charge in [-0.15, -0.1) is 0 Å². The average molecular weight is 243 g/mol. The molecule has 1 aliphatic rings. The van der Waals surface area contributed by atoms with Gasteiger partial charge in [-0.1, -0.05) is 6.07 Å². The van der Waals surface area contributed by atoms with Gasteiger partial charge in [-0.2, -0.15) is 0 Å². The van der Waals surface area contributed by atoms with Crippen LogP contribution < -0.4 is 5.32 Å².